The fourth-order valence-corrected chi connectivity index (χ4v) is 1.46. The molecule has 8 nitrogen and oxygen atoms in total. The van der Waals surface area contributed by atoms with Crippen molar-refractivity contribution < 1.29 is 10.0 Å². The smallest absolute Gasteiger partial charge is 0.277 e. The summed E-state index contributed by atoms with van der Waals surface area (Å²) in [6.45, 7) is 0. The van der Waals surface area contributed by atoms with Crippen LogP contribution in [0.1, 0.15) is 16.1 Å². The third-order valence-electron chi connectivity index (χ3n) is 2.37. The van der Waals surface area contributed by atoms with Crippen molar-refractivity contribution in [3.05, 3.63) is 41.7 Å². The second-order valence-corrected chi connectivity index (χ2v) is 3.77. The van der Waals surface area contributed by atoms with Crippen molar-refractivity contribution in [2.24, 2.45) is 10.9 Å². The Kier molecular flexibility index (Phi) is 3.72. The minimum Gasteiger partial charge on any atom is -0.409 e. The molecular formula is C11H12N6O2. The molecule has 0 spiro atoms. The molecule has 98 valence electrons. The summed E-state index contributed by atoms with van der Waals surface area (Å²) in [5.41, 5.74) is 7.10. The number of benzene rings is 1. The van der Waals surface area contributed by atoms with Gasteiger partial charge in [-0.25, -0.2) is 0 Å². The maximum absolute atomic E-state index is 11.7. The molecule has 0 atom stereocenters. The van der Waals surface area contributed by atoms with E-state index in [0.29, 0.717) is 12.1 Å². The molecular weight excluding hydrogens is 248 g/mol. The number of hydrogen-bond acceptors (Lipinski definition) is 5. The summed E-state index contributed by atoms with van der Waals surface area (Å²) in [5.74, 6) is -0.225. The molecule has 1 heterocycles. The SMILES string of the molecule is NC(Cc1ccc(NC(=O)c2cn[nH]n2)cc1)=NO. The molecule has 2 aromatic rings. The van der Waals surface area contributed by atoms with E-state index in [4.69, 9.17) is 10.9 Å². The first-order valence-electron chi connectivity index (χ1n) is 5.41. The third-order valence-corrected chi connectivity index (χ3v) is 2.37. The van der Waals surface area contributed by atoms with Gasteiger partial charge in [-0.1, -0.05) is 17.3 Å². The van der Waals surface area contributed by atoms with Crippen molar-refractivity contribution in [1.29, 1.82) is 0 Å². The van der Waals surface area contributed by atoms with Gasteiger partial charge in [-0.2, -0.15) is 15.4 Å². The van der Waals surface area contributed by atoms with E-state index in [1.807, 2.05) is 0 Å². The monoisotopic (exact) mass is 260 g/mol. The van der Waals surface area contributed by atoms with Gasteiger partial charge in [0.05, 0.1) is 6.20 Å². The Morgan fingerprint density at radius 1 is 1.42 bits per heavy atom. The van der Waals surface area contributed by atoms with Crippen molar-refractivity contribution >= 4 is 17.4 Å². The van der Waals surface area contributed by atoms with Crippen molar-refractivity contribution in [1.82, 2.24) is 15.4 Å². The van der Waals surface area contributed by atoms with E-state index in [1.54, 1.807) is 24.3 Å². The minimum atomic E-state index is -0.349. The minimum absolute atomic E-state index is 0.124. The molecule has 1 aromatic carbocycles. The van der Waals surface area contributed by atoms with Gasteiger partial charge < -0.3 is 16.3 Å². The van der Waals surface area contributed by atoms with Gasteiger partial charge in [0.25, 0.3) is 5.91 Å². The quantitative estimate of drug-likeness (QED) is 0.273. The molecule has 0 unspecified atom stereocenters. The van der Waals surface area contributed by atoms with Crippen molar-refractivity contribution in [2.75, 3.05) is 5.32 Å². The summed E-state index contributed by atoms with van der Waals surface area (Å²) >= 11 is 0. The number of aromatic nitrogens is 3. The second-order valence-electron chi connectivity index (χ2n) is 3.77. The summed E-state index contributed by atoms with van der Waals surface area (Å²) in [7, 11) is 0. The van der Waals surface area contributed by atoms with Crippen molar-refractivity contribution in [3.63, 3.8) is 0 Å². The lowest BCUT2D eigenvalue weighted by Crippen LogP contribution is -2.15. The maximum Gasteiger partial charge on any atom is 0.277 e. The Labute approximate surface area is 108 Å². The van der Waals surface area contributed by atoms with Crippen LogP contribution in [0.3, 0.4) is 0 Å². The molecule has 1 aromatic heterocycles. The summed E-state index contributed by atoms with van der Waals surface area (Å²) in [4.78, 5) is 11.7. The molecule has 1 amide bonds. The number of aromatic amines is 1. The maximum atomic E-state index is 11.7. The highest BCUT2D eigenvalue weighted by atomic mass is 16.4. The van der Waals surface area contributed by atoms with E-state index in [-0.39, 0.29) is 17.4 Å². The molecule has 2 rings (SSSR count). The zero-order valence-corrected chi connectivity index (χ0v) is 9.87. The number of carbonyl (C=O) groups excluding carboxylic acids is 1. The van der Waals surface area contributed by atoms with Gasteiger partial charge in [0, 0.05) is 12.1 Å². The van der Waals surface area contributed by atoms with Gasteiger partial charge in [0.15, 0.2) is 5.69 Å². The van der Waals surface area contributed by atoms with Gasteiger partial charge in [-0.15, -0.1) is 0 Å². The molecule has 8 heteroatoms. The van der Waals surface area contributed by atoms with E-state index >= 15 is 0 Å². The van der Waals surface area contributed by atoms with Crippen LogP contribution in [0.15, 0.2) is 35.6 Å². The van der Waals surface area contributed by atoms with Crippen molar-refractivity contribution in [2.45, 2.75) is 6.42 Å². The molecule has 19 heavy (non-hydrogen) atoms. The number of nitrogens with zero attached hydrogens (tertiary/aromatic N) is 3. The standard InChI is InChI=1S/C11H12N6O2/c12-10(16-19)5-7-1-3-8(4-2-7)14-11(18)9-6-13-17-15-9/h1-4,6,19H,5H2,(H2,12,16)(H,14,18)(H,13,15,17). The Balaban J connectivity index is 2.01. The molecule has 0 aliphatic heterocycles. The highest BCUT2D eigenvalue weighted by Crippen LogP contribution is 2.11. The predicted octanol–water partition coefficient (Wildman–Crippen LogP) is 0.346. The molecule has 0 aliphatic carbocycles. The first-order valence-corrected chi connectivity index (χ1v) is 5.41. The van der Waals surface area contributed by atoms with Crippen LogP contribution in [0, 0.1) is 0 Å². The number of H-pyrrole nitrogens is 1. The number of anilines is 1. The van der Waals surface area contributed by atoms with Crippen molar-refractivity contribution in [3.8, 4) is 0 Å². The van der Waals surface area contributed by atoms with Gasteiger partial charge in [0.1, 0.15) is 5.84 Å². The number of amidine groups is 1. The number of rotatable bonds is 4. The molecule has 0 saturated carbocycles. The van der Waals surface area contributed by atoms with Gasteiger partial charge in [0.2, 0.25) is 0 Å². The Bertz CT molecular complexity index is 576. The van der Waals surface area contributed by atoms with E-state index in [1.165, 1.54) is 6.20 Å². The van der Waals surface area contributed by atoms with Crippen LogP contribution in [-0.2, 0) is 6.42 Å². The van der Waals surface area contributed by atoms with Crippen LogP contribution in [0.2, 0.25) is 0 Å². The highest BCUT2D eigenvalue weighted by molar-refractivity contribution is 6.02. The lowest BCUT2D eigenvalue weighted by atomic mass is 10.1. The number of nitrogens with two attached hydrogens (primary N) is 1. The molecule has 0 aliphatic rings. The summed E-state index contributed by atoms with van der Waals surface area (Å²) in [6, 6.07) is 6.99. The lowest BCUT2D eigenvalue weighted by molar-refractivity contribution is 0.102. The van der Waals surface area contributed by atoms with Crippen LogP contribution < -0.4 is 11.1 Å². The Morgan fingerprint density at radius 3 is 2.74 bits per heavy atom. The largest absolute Gasteiger partial charge is 0.409 e. The Hall–Kier alpha value is -2.90. The fourth-order valence-electron chi connectivity index (χ4n) is 1.46. The Morgan fingerprint density at radius 2 is 2.16 bits per heavy atom. The second kappa shape index (κ2) is 5.63. The molecule has 0 fully saturated rings. The van der Waals surface area contributed by atoms with E-state index in [0.717, 1.165) is 5.56 Å². The van der Waals surface area contributed by atoms with Crippen LogP contribution in [0.4, 0.5) is 5.69 Å². The first kappa shape index (κ1) is 12.6. The van der Waals surface area contributed by atoms with Gasteiger partial charge >= 0.3 is 0 Å². The molecule has 0 radical (unpaired) electrons. The zero-order chi connectivity index (χ0) is 13.7. The van der Waals surface area contributed by atoms with Gasteiger partial charge in [-0.05, 0) is 17.7 Å². The third kappa shape index (κ3) is 3.28. The van der Waals surface area contributed by atoms with Gasteiger partial charge in [-0.3, -0.25) is 4.79 Å². The summed E-state index contributed by atoms with van der Waals surface area (Å²) in [5, 5.41) is 23.6. The topological polar surface area (TPSA) is 129 Å². The summed E-state index contributed by atoms with van der Waals surface area (Å²) in [6.07, 6.45) is 1.68. The van der Waals surface area contributed by atoms with E-state index in [9.17, 15) is 4.79 Å². The number of amides is 1. The summed E-state index contributed by atoms with van der Waals surface area (Å²) < 4.78 is 0. The van der Waals surface area contributed by atoms with Crippen LogP contribution in [0.5, 0.6) is 0 Å². The normalized spacial score (nSPS) is 11.3. The number of nitrogens with one attached hydrogen (secondary N) is 2. The fraction of sp³-hybridized carbons (Fsp3) is 0.0909. The first-order chi connectivity index (χ1) is 9.19. The predicted molar refractivity (Wildman–Crippen MR) is 67.9 cm³/mol. The number of oxime groups is 1. The van der Waals surface area contributed by atoms with E-state index in [2.05, 4.69) is 25.9 Å². The van der Waals surface area contributed by atoms with Crippen LogP contribution in [-0.4, -0.2) is 32.4 Å². The number of carbonyl (C=O) groups is 1. The average molecular weight is 260 g/mol. The average Bonchev–Trinajstić information content (AvgIpc) is 2.95. The molecule has 0 bridgehead atoms. The van der Waals surface area contributed by atoms with Crippen LogP contribution in [0.25, 0.3) is 0 Å². The molecule has 0 saturated heterocycles. The zero-order valence-electron chi connectivity index (χ0n) is 9.87. The lowest BCUT2D eigenvalue weighted by Gasteiger charge is -2.04. The van der Waals surface area contributed by atoms with E-state index < -0.39 is 0 Å². The highest BCUT2D eigenvalue weighted by Gasteiger charge is 2.08. The number of hydrogen-bond donors (Lipinski definition) is 4. The molecule has 5 N–H and O–H groups in total. The van der Waals surface area contributed by atoms with Crippen LogP contribution >= 0.6 is 0 Å².